The third-order valence-corrected chi connectivity index (χ3v) is 6.26. The van der Waals surface area contributed by atoms with Gasteiger partial charge in [-0.05, 0) is 31.2 Å². The van der Waals surface area contributed by atoms with Gasteiger partial charge in [0.1, 0.15) is 17.2 Å². The average Bonchev–Trinajstić information content (AvgIpc) is 2.77. The zero-order chi connectivity index (χ0) is 21.5. The zero-order valence-electron chi connectivity index (χ0n) is 17.8. The first kappa shape index (κ1) is 20.1. The number of fused-ring (bicyclic) bond motifs is 1. The van der Waals surface area contributed by atoms with Gasteiger partial charge >= 0.3 is 0 Å². The molecule has 7 nitrogen and oxygen atoms in total. The quantitative estimate of drug-likeness (QED) is 0.844. The summed E-state index contributed by atoms with van der Waals surface area (Å²) in [5.74, 6) is 1.00. The molecule has 2 aliphatic rings. The molecule has 2 heterocycles. The van der Waals surface area contributed by atoms with Crippen molar-refractivity contribution in [3.8, 4) is 11.5 Å². The minimum absolute atomic E-state index is 0.0524. The lowest BCUT2D eigenvalue weighted by molar-refractivity contribution is 0.0606. The number of hydrogen-bond donors (Lipinski definition) is 1. The van der Waals surface area contributed by atoms with E-state index >= 15 is 0 Å². The van der Waals surface area contributed by atoms with E-state index in [9.17, 15) is 9.59 Å². The second-order valence-corrected chi connectivity index (χ2v) is 7.92. The first-order valence-corrected chi connectivity index (χ1v) is 10.1. The summed E-state index contributed by atoms with van der Waals surface area (Å²) >= 11 is 0. The Kier molecular flexibility index (Phi) is 5.05. The number of anilines is 1. The predicted octanol–water partition coefficient (Wildman–Crippen LogP) is 2.82. The van der Waals surface area contributed by atoms with Gasteiger partial charge in [0, 0.05) is 39.0 Å². The number of hydrogen-bond acceptors (Lipinski definition) is 5. The SMILES string of the molecule is COc1ccc(C(=O)N2CCC3(CC2)NC(=O)c2cc(C)ccc2N3C)c(OC)c1. The molecular formula is C23H27N3O4. The molecule has 0 atom stereocenters. The molecule has 0 aromatic heterocycles. The number of methoxy groups -OCH3 is 2. The minimum atomic E-state index is -0.486. The lowest BCUT2D eigenvalue weighted by atomic mass is 9.89. The summed E-state index contributed by atoms with van der Waals surface area (Å²) in [7, 11) is 5.13. The van der Waals surface area contributed by atoms with Crippen LogP contribution in [0.4, 0.5) is 5.69 Å². The van der Waals surface area contributed by atoms with Crippen LogP contribution in [0, 0.1) is 6.92 Å². The van der Waals surface area contributed by atoms with Crippen molar-refractivity contribution in [2.24, 2.45) is 0 Å². The van der Waals surface area contributed by atoms with Crippen LogP contribution in [0.5, 0.6) is 11.5 Å². The number of nitrogens with one attached hydrogen (secondary N) is 1. The molecule has 0 bridgehead atoms. The number of carbonyl (C=O) groups excluding carboxylic acids is 2. The first-order chi connectivity index (χ1) is 14.4. The fourth-order valence-electron chi connectivity index (χ4n) is 4.40. The minimum Gasteiger partial charge on any atom is -0.497 e. The van der Waals surface area contributed by atoms with Crippen LogP contribution >= 0.6 is 0 Å². The molecule has 4 rings (SSSR count). The highest BCUT2D eigenvalue weighted by atomic mass is 16.5. The Morgan fingerprint density at radius 3 is 2.47 bits per heavy atom. The summed E-state index contributed by atoms with van der Waals surface area (Å²) in [6, 6.07) is 11.2. The van der Waals surface area contributed by atoms with Gasteiger partial charge in [-0.3, -0.25) is 9.59 Å². The van der Waals surface area contributed by atoms with Gasteiger partial charge in [-0.1, -0.05) is 11.6 Å². The highest BCUT2D eigenvalue weighted by Crippen LogP contribution is 2.37. The number of carbonyl (C=O) groups is 2. The number of likely N-dealkylation sites (tertiary alicyclic amines) is 1. The van der Waals surface area contributed by atoms with Crippen LogP contribution in [-0.2, 0) is 0 Å². The molecule has 7 heteroatoms. The summed E-state index contributed by atoms with van der Waals surface area (Å²) in [4.78, 5) is 29.9. The van der Waals surface area contributed by atoms with Crippen LogP contribution < -0.4 is 19.7 Å². The van der Waals surface area contributed by atoms with Crippen molar-refractivity contribution >= 4 is 17.5 Å². The molecule has 1 fully saturated rings. The van der Waals surface area contributed by atoms with Crippen molar-refractivity contribution in [1.82, 2.24) is 10.2 Å². The molecule has 0 aliphatic carbocycles. The molecule has 2 aromatic rings. The van der Waals surface area contributed by atoms with Crippen molar-refractivity contribution in [1.29, 1.82) is 0 Å². The van der Waals surface area contributed by atoms with Crippen LogP contribution in [-0.4, -0.2) is 56.7 Å². The normalized spacial score (nSPS) is 17.4. The molecule has 30 heavy (non-hydrogen) atoms. The van der Waals surface area contributed by atoms with Crippen LogP contribution in [0.1, 0.15) is 39.1 Å². The van der Waals surface area contributed by atoms with Gasteiger partial charge in [0.15, 0.2) is 0 Å². The standard InChI is InChI=1S/C23H27N3O4/c1-15-5-8-19-18(13-15)21(27)24-23(25(19)2)9-11-26(12-10-23)22(28)17-7-6-16(29-3)14-20(17)30-4/h5-8,13-14H,9-12H2,1-4H3,(H,24,27). The van der Waals surface area contributed by atoms with E-state index in [0.29, 0.717) is 48.6 Å². The summed E-state index contributed by atoms with van der Waals surface area (Å²) in [6.45, 7) is 3.06. The third kappa shape index (κ3) is 3.24. The Bertz CT molecular complexity index is 996. The molecule has 158 valence electrons. The van der Waals surface area contributed by atoms with Gasteiger partial charge in [-0.2, -0.15) is 0 Å². The highest BCUT2D eigenvalue weighted by Gasteiger charge is 2.45. The van der Waals surface area contributed by atoms with E-state index in [4.69, 9.17) is 9.47 Å². The van der Waals surface area contributed by atoms with Crippen LogP contribution in [0.3, 0.4) is 0 Å². The Balaban J connectivity index is 1.53. The number of piperidine rings is 1. The van der Waals surface area contributed by atoms with Crippen LogP contribution in [0.15, 0.2) is 36.4 Å². The summed E-state index contributed by atoms with van der Waals surface area (Å²) < 4.78 is 10.6. The molecule has 2 aromatic carbocycles. The van der Waals surface area contributed by atoms with Gasteiger partial charge in [-0.25, -0.2) is 0 Å². The van der Waals surface area contributed by atoms with E-state index in [2.05, 4.69) is 10.2 Å². The molecule has 0 saturated carbocycles. The van der Waals surface area contributed by atoms with Crippen molar-refractivity contribution < 1.29 is 19.1 Å². The van der Waals surface area contributed by atoms with E-state index in [1.807, 2.05) is 37.1 Å². The molecule has 1 spiro atoms. The van der Waals surface area contributed by atoms with Gasteiger partial charge < -0.3 is 24.6 Å². The lowest BCUT2D eigenvalue weighted by Gasteiger charge is -2.51. The smallest absolute Gasteiger partial charge is 0.257 e. The van der Waals surface area contributed by atoms with Crippen molar-refractivity contribution in [2.45, 2.75) is 25.4 Å². The number of ether oxygens (including phenoxy) is 2. The van der Waals surface area contributed by atoms with E-state index in [-0.39, 0.29) is 11.8 Å². The van der Waals surface area contributed by atoms with Crippen molar-refractivity contribution in [3.05, 3.63) is 53.1 Å². The molecule has 1 saturated heterocycles. The van der Waals surface area contributed by atoms with E-state index in [0.717, 1.165) is 11.3 Å². The zero-order valence-corrected chi connectivity index (χ0v) is 17.8. The lowest BCUT2D eigenvalue weighted by Crippen LogP contribution is -2.67. The van der Waals surface area contributed by atoms with Gasteiger partial charge in [0.2, 0.25) is 0 Å². The molecule has 1 N–H and O–H groups in total. The highest BCUT2D eigenvalue weighted by molar-refractivity contribution is 6.03. The first-order valence-electron chi connectivity index (χ1n) is 10.1. The van der Waals surface area contributed by atoms with Crippen LogP contribution in [0.25, 0.3) is 0 Å². The fourth-order valence-corrected chi connectivity index (χ4v) is 4.40. The van der Waals surface area contributed by atoms with Gasteiger partial charge in [0.05, 0.1) is 31.0 Å². The van der Waals surface area contributed by atoms with Gasteiger partial charge in [-0.15, -0.1) is 0 Å². The van der Waals surface area contributed by atoms with E-state index in [1.54, 1.807) is 32.4 Å². The topological polar surface area (TPSA) is 71.1 Å². The van der Waals surface area contributed by atoms with E-state index < -0.39 is 5.66 Å². The third-order valence-electron chi connectivity index (χ3n) is 6.26. The number of aryl methyl sites for hydroxylation is 1. The molecule has 0 unspecified atom stereocenters. The number of rotatable bonds is 3. The summed E-state index contributed by atoms with van der Waals surface area (Å²) in [5, 5.41) is 3.21. The average molecular weight is 409 g/mol. The second kappa shape index (κ2) is 7.55. The fraction of sp³-hybridized carbons (Fsp3) is 0.391. The maximum absolute atomic E-state index is 13.1. The van der Waals surface area contributed by atoms with Crippen molar-refractivity contribution in [2.75, 3.05) is 39.3 Å². The predicted molar refractivity (Wildman–Crippen MR) is 114 cm³/mol. The number of benzene rings is 2. The van der Waals surface area contributed by atoms with Crippen molar-refractivity contribution in [3.63, 3.8) is 0 Å². The Labute approximate surface area is 176 Å². The molecular weight excluding hydrogens is 382 g/mol. The summed E-state index contributed by atoms with van der Waals surface area (Å²) in [6.07, 6.45) is 1.29. The number of amides is 2. The van der Waals surface area contributed by atoms with Crippen LogP contribution in [0.2, 0.25) is 0 Å². The largest absolute Gasteiger partial charge is 0.497 e. The molecule has 2 aliphatic heterocycles. The maximum atomic E-state index is 13.1. The Morgan fingerprint density at radius 1 is 1.07 bits per heavy atom. The van der Waals surface area contributed by atoms with Gasteiger partial charge in [0.25, 0.3) is 11.8 Å². The Morgan fingerprint density at radius 2 is 1.80 bits per heavy atom. The molecule has 0 radical (unpaired) electrons. The summed E-state index contributed by atoms with van der Waals surface area (Å²) in [5.41, 5.74) is 2.71. The number of nitrogens with zero attached hydrogens (tertiary/aromatic N) is 2. The van der Waals surface area contributed by atoms with E-state index in [1.165, 1.54) is 0 Å². The second-order valence-electron chi connectivity index (χ2n) is 7.92. The molecule has 2 amide bonds. The Hall–Kier alpha value is -3.22. The monoisotopic (exact) mass is 409 g/mol. The maximum Gasteiger partial charge on any atom is 0.257 e.